The molecule has 1 N–H and O–H groups in total. The number of aromatic nitrogens is 1. The minimum atomic E-state index is -2.66. The summed E-state index contributed by atoms with van der Waals surface area (Å²) in [6, 6.07) is 4.19. The van der Waals surface area contributed by atoms with Crippen LogP contribution in [0.3, 0.4) is 0 Å². The number of fused-ring (bicyclic) bond motifs is 1. The first kappa shape index (κ1) is 20.3. The van der Waals surface area contributed by atoms with Crippen molar-refractivity contribution in [1.82, 2.24) is 4.90 Å². The third-order valence-electron chi connectivity index (χ3n) is 5.78. The van der Waals surface area contributed by atoms with Gasteiger partial charge in [-0.1, -0.05) is 0 Å². The molecule has 0 saturated heterocycles. The lowest BCUT2D eigenvalue weighted by atomic mass is 10.0. The van der Waals surface area contributed by atoms with Crippen LogP contribution in [0.5, 0.6) is 0 Å². The maximum Gasteiger partial charge on any atom is 0.273 e. The Labute approximate surface area is 175 Å². The maximum absolute atomic E-state index is 13.2. The van der Waals surface area contributed by atoms with Crippen LogP contribution in [-0.2, 0) is 15.9 Å². The number of hydrogen-bond acceptors (Lipinski definition) is 4. The van der Waals surface area contributed by atoms with E-state index in [0.717, 1.165) is 21.6 Å². The van der Waals surface area contributed by atoms with Gasteiger partial charge in [0.1, 0.15) is 12.0 Å². The van der Waals surface area contributed by atoms with Crippen LogP contribution in [0.4, 0.5) is 0 Å². The molecule has 154 valence electrons. The quantitative estimate of drug-likeness (QED) is 0.583. The molecule has 0 unspecified atom stereocenters. The topological polar surface area (TPSA) is 70.4 Å². The predicted octanol–water partition coefficient (Wildman–Crippen LogP) is 3.10. The highest BCUT2D eigenvalue weighted by Crippen LogP contribution is 2.44. The van der Waals surface area contributed by atoms with Crippen molar-refractivity contribution in [3.63, 3.8) is 0 Å². The minimum absolute atomic E-state index is 0.0149. The van der Waals surface area contributed by atoms with Crippen molar-refractivity contribution in [2.24, 2.45) is 5.92 Å². The Morgan fingerprint density at radius 3 is 2.62 bits per heavy atom. The molecule has 1 aromatic heterocycles. The minimum Gasteiger partial charge on any atom is -0.331 e. The van der Waals surface area contributed by atoms with Crippen molar-refractivity contribution in [3.05, 3.63) is 35.0 Å². The van der Waals surface area contributed by atoms with Crippen molar-refractivity contribution >= 4 is 35.8 Å². The molecule has 2 amide bonds. The molecule has 4 rings (SSSR count). The Balaban J connectivity index is 1.81. The third-order valence-corrected chi connectivity index (χ3v) is 8.43. The van der Waals surface area contributed by atoms with Gasteiger partial charge in [-0.3, -0.25) is 9.59 Å². The lowest BCUT2D eigenvalue weighted by Crippen LogP contribution is -2.43. The van der Waals surface area contributed by atoms with Gasteiger partial charge in [-0.2, -0.15) is 0 Å². The molecular formula is C21H27N3O3PS+. The zero-order valence-electron chi connectivity index (χ0n) is 17.5. The van der Waals surface area contributed by atoms with Crippen LogP contribution < -0.4 is 14.8 Å². The predicted molar refractivity (Wildman–Crippen MR) is 116 cm³/mol. The van der Waals surface area contributed by atoms with Gasteiger partial charge in [-0.25, -0.2) is 0 Å². The second-order valence-corrected chi connectivity index (χ2v) is 12.8. The summed E-state index contributed by atoms with van der Waals surface area (Å²) < 4.78 is 14.8. The molecule has 0 bridgehead atoms. The van der Waals surface area contributed by atoms with Crippen LogP contribution in [0.15, 0.2) is 18.3 Å². The van der Waals surface area contributed by atoms with Crippen molar-refractivity contribution < 1.29 is 18.2 Å². The Bertz CT molecular complexity index is 1070. The van der Waals surface area contributed by atoms with Gasteiger partial charge in [-0.05, 0) is 73.3 Å². The Morgan fingerprint density at radius 2 is 2.03 bits per heavy atom. The van der Waals surface area contributed by atoms with Crippen molar-refractivity contribution in [3.8, 4) is 10.4 Å². The Kier molecular flexibility index (Phi) is 4.94. The van der Waals surface area contributed by atoms with E-state index in [1.807, 2.05) is 24.1 Å². The number of aryl methyl sites for hydroxylation is 1. The summed E-state index contributed by atoms with van der Waals surface area (Å²) in [6.07, 6.45) is 4.23. The average molecular weight is 433 g/mol. The summed E-state index contributed by atoms with van der Waals surface area (Å²) in [7, 11) is -2.66. The molecule has 1 saturated carbocycles. The van der Waals surface area contributed by atoms with Crippen LogP contribution in [0.2, 0.25) is 0 Å². The maximum atomic E-state index is 13.2. The van der Waals surface area contributed by atoms with E-state index in [-0.39, 0.29) is 17.9 Å². The summed E-state index contributed by atoms with van der Waals surface area (Å²) in [4.78, 5) is 27.6. The average Bonchev–Trinajstić information content (AvgIpc) is 3.33. The normalized spacial score (nSPS) is 17.4. The largest absolute Gasteiger partial charge is 0.331 e. The van der Waals surface area contributed by atoms with Crippen LogP contribution in [0.25, 0.3) is 10.4 Å². The highest BCUT2D eigenvalue weighted by atomic mass is 32.1. The van der Waals surface area contributed by atoms with Crippen molar-refractivity contribution in [1.29, 1.82) is 0 Å². The highest BCUT2D eigenvalue weighted by Gasteiger charge is 2.41. The van der Waals surface area contributed by atoms with Gasteiger partial charge < -0.3 is 9.46 Å². The molecule has 1 aromatic carbocycles. The molecule has 0 radical (unpaired) electrons. The number of carbonyl (C=O) groups is 2. The van der Waals surface area contributed by atoms with Crippen LogP contribution in [0.1, 0.15) is 48.2 Å². The summed E-state index contributed by atoms with van der Waals surface area (Å²) in [5.41, 5.74) is 6.32. The number of benzene rings is 1. The van der Waals surface area contributed by atoms with Gasteiger partial charge in [-0.15, -0.1) is 5.43 Å². The molecule has 6 nitrogen and oxygen atoms in total. The molecule has 2 aliphatic rings. The van der Waals surface area contributed by atoms with Crippen LogP contribution in [-0.4, -0.2) is 36.1 Å². The highest BCUT2D eigenvalue weighted by molar-refractivity contribution is 7.70. The Morgan fingerprint density at radius 1 is 1.34 bits per heavy atom. The fourth-order valence-corrected chi connectivity index (χ4v) is 6.33. The van der Waals surface area contributed by atoms with Crippen LogP contribution >= 0.6 is 18.7 Å². The fraction of sp³-hybridized carbons (Fsp3) is 0.476. The van der Waals surface area contributed by atoms with Gasteiger partial charge in [0.05, 0.1) is 5.56 Å². The van der Waals surface area contributed by atoms with E-state index in [1.165, 1.54) is 31.3 Å². The summed E-state index contributed by atoms with van der Waals surface area (Å²) in [5, 5.41) is 0.666. The van der Waals surface area contributed by atoms with Crippen molar-refractivity contribution in [2.45, 2.75) is 46.2 Å². The first-order valence-electron chi connectivity index (χ1n) is 9.90. The molecule has 8 heteroatoms. The monoisotopic (exact) mass is 432 g/mol. The second kappa shape index (κ2) is 7.06. The molecule has 0 spiro atoms. The first-order chi connectivity index (χ1) is 13.6. The van der Waals surface area contributed by atoms with E-state index in [4.69, 9.17) is 0 Å². The molecule has 2 aromatic rings. The number of rotatable bonds is 5. The molecular weight excluding hydrogens is 405 g/mol. The van der Waals surface area contributed by atoms with Gasteiger partial charge in [0.25, 0.3) is 11.8 Å². The number of hydrogen-bond donors (Lipinski definition) is 1. The number of nitrogens with zero attached hydrogens (tertiary/aromatic N) is 2. The number of carbonyl (C=O) groups excluding carboxylic acids is 2. The zero-order valence-corrected chi connectivity index (χ0v) is 19.2. The zero-order chi connectivity index (χ0) is 21.1. The SMILES string of the molecule is CC(=O)N[n+]1cc(C)c(-c2cc3c(c(P(C)(C)=O)c2)C(=O)N([C@@H](C)C2CC2)C3)s1. The third kappa shape index (κ3) is 3.78. The molecule has 1 fully saturated rings. The van der Waals surface area contributed by atoms with Crippen LogP contribution in [0, 0.1) is 12.8 Å². The van der Waals surface area contributed by atoms with E-state index in [1.54, 1.807) is 17.4 Å². The van der Waals surface area contributed by atoms with Gasteiger partial charge in [0.15, 0.2) is 11.5 Å². The van der Waals surface area contributed by atoms with E-state index in [2.05, 4.69) is 18.4 Å². The summed E-state index contributed by atoms with van der Waals surface area (Å²) in [6.45, 7) is 9.61. The molecule has 1 aliphatic heterocycles. The smallest absolute Gasteiger partial charge is 0.273 e. The summed E-state index contributed by atoms with van der Waals surface area (Å²) >= 11 is 1.43. The first-order valence-corrected chi connectivity index (χ1v) is 13.3. The number of nitrogens with one attached hydrogen (secondary N) is 1. The lowest BCUT2D eigenvalue weighted by Gasteiger charge is -2.24. The van der Waals surface area contributed by atoms with Gasteiger partial charge in [0, 0.05) is 30.4 Å². The van der Waals surface area contributed by atoms with Crippen molar-refractivity contribution in [2.75, 3.05) is 18.8 Å². The van der Waals surface area contributed by atoms with Gasteiger partial charge in [0.2, 0.25) is 6.20 Å². The molecule has 29 heavy (non-hydrogen) atoms. The summed E-state index contributed by atoms with van der Waals surface area (Å²) in [5.74, 6) is 0.461. The van der Waals surface area contributed by atoms with E-state index >= 15 is 0 Å². The fourth-order valence-electron chi connectivity index (χ4n) is 4.10. The standard InChI is InChI=1S/C21H26N3O3PS/c1-12-10-24(22-14(3)25)29-20(12)16-8-17-11-23(13(2)15-6-7-15)21(26)19(17)18(9-16)28(4,5)27/h8-10,13,15H,6-7,11H2,1-5H3/p+1/t13-/m0/s1. The molecule has 1 atom stereocenters. The van der Waals surface area contributed by atoms with E-state index in [9.17, 15) is 14.2 Å². The van der Waals surface area contributed by atoms with Gasteiger partial charge >= 0.3 is 0 Å². The Hall–Kier alpha value is -1.98. The number of amides is 2. The van der Waals surface area contributed by atoms with E-state index in [0.29, 0.717) is 23.3 Å². The second-order valence-electron chi connectivity index (χ2n) is 8.62. The lowest BCUT2D eigenvalue weighted by molar-refractivity contribution is -0.570. The van der Waals surface area contributed by atoms with E-state index < -0.39 is 7.14 Å². The molecule has 1 aliphatic carbocycles. The molecule has 2 heterocycles.